The van der Waals surface area contributed by atoms with Crippen molar-refractivity contribution in [2.45, 2.75) is 44.0 Å². The summed E-state index contributed by atoms with van der Waals surface area (Å²) in [6, 6.07) is 26.2. The molecule has 2 fully saturated rings. The highest BCUT2D eigenvalue weighted by Crippen LogP contribution is 2.43. The van der Waals surface area contributed by atoms with Crippen LogP contribution in [0.4, 0.5) is 4.79 Å². The maximum absolute atomic E-state index is 14.4. The Bertz CT molecular complexity index is 1940. The van der Waals surface area contributed by atoms with Crippen molar-refractivity contribution < 1.29 is 14.3 Å². The van der Waals surface area contributed by atoms with Gasteiger partial charge in [0.2, 0.25) is 5.96 Å². The molecule has 3 aliphatic rings. The molecule has 4 aromatic rings. The van der Waals surface area contributed by atoms with Gasteiger partial charge in [-0.15, -0.1) is 0 Å². The number of likely N-dealkylation sites (N-methyl/N-ethyl adjacent to an activating group) is 1. The molecule has 1 unspecified atom stereocenters. The lowest BCUT2D eigenvalue weighted by molar-refractivity contribution is 0.0592. The van der Waals surface area contributed by atoms with Crippen LogP contribution in [0.25, 0.3) is 5.69 Å². The molecule has 2 aliphatic heterocycles. The second kappa shape index (κ2) is 11.2. The summed E-state index contributed by atoms with van der Waals surface area (Å²) >= 11 is 0. The van der Waals surface area contributed by atoms with Gasteiger partial charge in [0.15, 0.2) is 5.66 Å². The number of ether oxygens (including phenoxy) is 1. The van der Waals surface area contributed by atoms with Crippen LogP contribution in [-0.2, 0) is 17.0 Å². The number of para-hydroxylation sites is 1. The van der Waals surface area contributed by atoms with Gasteiger partial charge in [-0.3, -0.25) is 4.79 Å². The predicted octanol–water partition coefficient (Wildman–Crippen LogP) is 4.29. The van der Waals surface area contributed by atoms with Crippen LogP contribution in [0.3, 0.4) is 0 Å². The highest BCUT2D eigenvalue weighted by atomic mass is 16.6. The first-order valence-corrected chi connectivity index (χ1v) is 15.0. The fourth-order valence-corrected chi connectivity index (χ4v) is 6.71. The van der Waals surface area contributed by atoms with Crippen LogP contribution in [0, 0.1) is 0 Å². The number of nitrogens with zero attached hydrogens (tertiary/aromatic N) is 6. The minimum absolute atomic E-state index is 0.0198. The molecule has 3 heterocycles. The summed E-state index contributed by atoms with van der Waals surface area (Å²) in [7, 11) is 1.70. The number of rotatable bonds is 4. The van der Waals surface area contributed by atoms with Gasteiger partial charge >= 0.3 is 17.5 Å². The summed E-state index contributed by atoms with van der Waals surface area (Å²) in [6.45, 7) is 0.0184. The van der Waals surface area contributed by atoms with Crippen LogP contribution >= 0.6 is 0 Å². The summed E-state index contributed by atoms with van der Waals surface area (Å²) in [5, 5.41) is 0. The molecule has 0 radical (unpaired) electrons. The third-order valence-electron chi connectivity index (χ3n) is 8.70. The Kier molecular flexibility index (Phi) is 7.07. The number of carbonyl (C=O) groups excluding carboxylic acids is 2. The fraction of sp³-hybridized carbons (Fsp3) is 0.265. The van der Waals surface area contributed by atoms with Gasteiger partial charge < -0.3 is 9.64 Å². The molecule has 7 rings (SSSR count). The Morgan fingerprint density at radius 2 is 1.56 bits per heavy atom. The zero-order valence-electron chi connectivity index (χ0n) is 24.8. The van der Waals surface area contributed by atoms with E-state index in [1.807, 2.05) is 42.5 Å². The summed E-state index contributed by atoms with van der Waals surface area (Å²) in [4.78, 5) is 63.6. The molecule has 1 aromatic heterocycles. The van der Waals surface area contributed by atoms with Crippen LogP contribution in [0.15, 0.2) is 117 Å². The minimum Gasteiger partial charge on any atom is -0.444 e. The Balaban J connectivity index is 1.44. The van der Waals surface area contributed by atoms with Gasteiger partial charge in [-0.05, 0) is 60.7 Å². The monoisotopic (exact) mass is 604 g/mol. The van der Waals surface area contributed by atoms with Crippen molar-refractivity contribution in [3.8, 4) is 5.69 Å². The van der Waals surface area contributed by atoms with Crippen molar-refractivity contribution in [1.29, 1.82) is 0 Å². The van der Waals surface area contributed by atoms with Gasteiger partial charge in [-0.2, -0.15) is 9.67 Å². The first-order valence-electron chi connectivity index (χ1n) is 15.0. The van der Waals surface area contributed by atoms with Crippen LogP contribution in [0.2, 0.25) is 0 Å². The van der Waals surface area contributed by atoms with E-state index >= 15 is 0 Å². The number of guanidine groups is 1. The van der Waals surface area contributed by atoms with E-state index in [1.165, 1.54) is 14.3 Å². The average Bonchev–Trinajstić information content (AvgIpc) is 3.50. The molecule has 11 heteroatoms. The van der Waals surface area contributed by atoms with Crippen molar-refractivity contribution in [2.24, 2.45) is 4.99 Å². The Labute approximate surface area is 258 Å². The fourth-order valence-electron chi connectivity index (χ4n) is 6.71. The molecule has 0 bridgehead atoms. The first kappa shape index (κ1) is 28.3. The maximum Gasteiger partial charge on any atom is 0.419 e. The third kappa shape index (κ3) is 4.71. The van der Waals surface area contributed by atoms with E-state index in [9.17, 15) is 19.2 Å². The van der Waals surface area contributed by atoms with Crippen LogP contribution < -0.4 is 11.4 Å². The second-order valence-corrected chi connectivity index (χ2v) is 11.6. The lowest BCUT2D eigenvalue weighted by Crippen LogP contribution is -2.59. The number of aromatic nitrogens is 3. The molecule has 11 nitrogen and oxygen atoms in total. The molecule has 45 heavy (non-hydrogen) atoms. The van der Waals surface area contributed by atoms with Gasteiger partial charge in [0, 0.05) is 12.6 Å². The number of benzene rings is 3. The quantitative estimate of drug-likeness (QED) is 0.322. The molecular formula is C34H32N6O5. The Hall–Kier alpha value is -5.45. The van der Waals surface area contributed by atoms with Crippen molar-refractivity contribution in [3.05, 3.63) is 135 Å². The Morgan fingerprint density at radius 1 is 0.889 bits per heavy atom. The minimum atomic E-state index is -1.53. The number of fused-ring (bicyclic) bond motifs is 4. The molecule has 1 aliphatic carbocycles. The molecule has 2 amide bonds. The van der Waals surface area contributed by atoms with Crippen molar-refractivity contribution in [1.82, 2.24) is 23.7 Å². The molecule has 1 spiro atoms. The topological polar surface area (TPSA) is 111 Å². The average molecular weight is 605 g/mol. The largest absolute Gasteiger partial charge is 0.444 e. The highest BCUT2D eigenvalue weighted by molar-refractivity contribution is 6.07. The normalized spacial score (nSPS) is 21.4. The van der Waals surface area contributed by atoms with Crippen molar-refractivity contribution in [3.63, 3.8) is 0 Å². The van der Waals surface area contributed by atoms with E-state index in [-0.39, 0.29) is 25.2 Å². The maximum atomic E-state index is 14.4. The van der Waals surface area contributed by atoms with Crippen LogP contribution in [-0.4, -0.2) is 55.3 Å². The SMILES string of the molecule is CN1C[C@]2(C=C3CCCCC3n3c(=O)n(-c4ccccc4)c(=O)n32)N(C(=O)OCc2ccccc2)C1=NC(=O)c1ccccc1. The van der Waals surface area contributed by atoms with Crippen LogP contribution in [0.1, 0.15) is 47.6 Å². The summed E-state index contributed by atoms with van der Waals surface area (Å²) < 4.78 is 9.86. The smallest absolute Gasteiger partial charge is 0.419 e. The van der Waals surface area contributed by atoms with E-state index in [1.54, 1.807) is 66.5 Å². The molecule has 1 saturated carbocycles. The number of carbonyl (C=O) groups is 2. The zero-order valence-corrected chi connectivity index (χ0v) is 24.8. The second-order valence-electron chi connectivity index (χ2n) is 11.6. The van der Waals surface area contributed by atoms with Crippen molar-refractivity contribution >= 4 is 18.0 Å². The Morgan fingerprint density at radius 3 is 2.27 bits per heavy atom. The number of amides is 2. The van der Waals surface area contributed by atoms with Crippen molar-refractivity contribution in [2.75, 3.05) is 13.6 Å². The van der Waals surface area contributed by atoms with Gasteiger partial charge in [0.25, 0.3) is 5.91 Å². The van der Waals surface area contributed by atoms with E-state index < -0.39 is 29.0 Å². The highest BCUT2D eigenvalue weighted by Gasteiger charge is 2.57. The van der Waals surface area contributed by atoms with Gasteiger partial charge in [0.05, 0.1) is 18.3 Å². The molecule has 1 saturated heterocycles. The summed E-state index contributed by atoms with van der Waals surface area (Å²) in [6.07, 6.45) is 4.32. The van der Waals surface area contributed by atoms with Crippen LogP contribution in [0.5, 0.6) is 0 Å². The van der Waals surface area contributed by atoms with E-state index in [2.05, 4.69) is 4.99 Å². The molecule has 3 aromatic carbocycles. The van der Waals surface area contributed by atoms with Gasteiger partial charge in [-0.25, -0.2) is 28.5 Å². The summed E-state index contributed by atoms with van der Waals surface area (Å²) in [5.74, 6) is -0.535. The first-order chi connectivity index (χ1) is 21.9. The number of allylic oxidation sites excluding steroid dienone is 1. The third-order valence-corrected chi connectivity index (χ3v) is 8.70. The standard InChI is InChI=1S/C34H32N6O5/c1-36-23-34(21-26-17-11-12-20-28(26)39-31(42)37(32(43)40(34)39)27-18-9-4-10-19-27)38(33(44)45-22-24-13-5-2-6-14-24)30(36)35-29(41)25-15-7-3-8-16-25/h2-10,13-16,18-19,21,28H,11-12,17,20,22-23H2,1H3/t28?,34-/m1/s1. The van der Waals surface area contributed by atoms with Gasteiger partial charge in [-0.1, -0.05) is 73.2 Å². The molecule has 0 N–H and O–H groups in total. The lowest BCUT2D eigenvalue weighted by Gasteiger charge is -2.42. The van der Waals surface area contributed by atoms with Gasteiger partial charge in [0.1, 0.15) is 6.61 Å². The lowest BCUT2D eigenvalue weighted by atomic mass is 9.86. The van der Waals surface area contributed by atoms with E-state index in [0.717, 1.165) is 28.5 Å². The number of hydrogen-bond acceptors (Lipinski definition) is 5. The van der Waals surface area contributed by atoms with E-state index in [0.29, 0.717) is 24.1 Å². The molecule has 2 atom stereocenters. The zero-order chi connectivity index (χ0) is 31.1. The summed E-state index contributed by atoms with van der Waals surface area (Å²) in [5.41, 5.74) is -0.130. The predicted molar refractivity (Wildman–Crippen MR) is 167 cm³/mol. The molecular weight excluding hydrogens is 572 g/mol. The van der Waals surface area contributed by atoms with E-state index in [4.69, 9.17) is 4.74 Å². The number of aliphatic imine (C=N–C) groups is 1. The number of hydrogen-bond donors (Lipinski definition) is 0. The molecule has 228 valence electrons.